The highest BCUT2D eigenvalue weighted by Gasteiger charge is 2.21. The molecule has 2 rings (SSSR count). The lowest BCUT2D eigenvalue weighted by Crippen LogP contribution is -2.24. The number of hydrogen-bond donors (Lipinski definition) is 2. The minimum atomic E-state index is -0.668. The van der Waals surface area contributed by atoms with Crippen molar-refractivity contribution in [3.05, 3.63) is 57.5 Å². The van der Waals surface area contributed by atoms with Crippen LogP contribution in [0.2, 0.25) is 0 Å². The van der Waals surface area contributed by atoms with Crippen LogP contribution >= 0.6 is 0 Å². The molecule has 1 amide bonds. The Hall–Kier alpha value is -3.03. The van der Waals surface area contributed by atoms with Crippen LogP contribution in [0, 0.1) is 17.0 Å². The lowest BCUT2D eigenvalue weighted by atomic mass is 10.1. The number of nitrogens with two attached hydrogens (primary N) is 1. The number of pyridine rings is 2. The molecule has 0 fully saturated rings. The third kappa shape index (κ3) is 3.30. The van der Waals surface area contributed by atoms with E-state index in [9.17, 15) is 14.9 Å². The lowest BCUT2D eigenvalue weighted by molar-refractivity contribution is -0.385. The summed E-state index contributed by atoms with van der Waals surface area (Å²) in [7, 11) is 0. The highest BCUT2D eigenvalue weighted by atomic mass is 16.6. The summed E-state index contributed by atoms with van der Waals surface area (Å²) in [5.41, 5.74) is 6.78. The molecule has 0 saturated heterocycles. The molecule has 8 heteroatoms. The molecule has 0 aliphatic carbocycles. The molecule has 2 aromatic heterocycles. The number of nitrogens with one attached hydrogen (secondary N) is 1. The van der Waals surface area contributed by atoms with Gasteiger partial charge in [0.2, 0.25) is 0 Å². The third-order valence-corrected chi connectivity index (χ3v) is 2.92. The molecule has 0 radical (unpaired) electrons. The number of carbonyl (C=O) groups is 1. The smallest absolute Gasteiger partial charge is 0.300 e. The average molecular weight is 287 g/mol. The number of rotatable bonds is 4. The van der Waals surface area contributed by atoms with Gasteiger partial charge in [0.1, 0.15) is 17.6 Å². The van der Waals surface area contributed by atoms with E-state index in [0.717, 1.165) is 17.3 Å². The van der Waals surface area contributed by atoms with Crippen molar-refractivity contribution in [2.45, 2.75) is 13.5 Å². The van der Waals surface area contributed by atoms with Crippen LogP contribution in [0.4, 0.5) is 11.5 Å². The van der Waals surface area contributed by atoms with E-state index in [-0.39, 0.29) is 23.6 Å². The standard InChI is InChI=1S/C13H13N5O3/c1-8-5-15-3-2-9(8)6-17-13(19)10-4-12(14)16-7-11(10)18(20)21/h2-5,7H,6H2,1H3,(H2,14,16)(H,17,19). The predicted octanol–water partition coefficient (Wildman–Crippen LogP) is 1.21. The zero-order valence-electron chi connectivity index (χ0n) is 11.2. The first-order valence-corrected chi connectivity index (χ1v) is 6.06. The van der Waals surface area contributed by atoms with Crippen molar-refractivity contribution in [1.82, 2.24) is 15.3 Å². The number of amides is 1. The minimum absolute atomic E-state index is 0.0471. The van der Waals surface area contributed by atoms with Crippen molar-refractivity contribution < 1.29 is 9.72 Å². The molecule has 0 aromatic carbocycles. The molecule has 108 valence electrons. The number of aromatic nitrogens is 2. The van der Waals surface area contributed by atoms with Crippen molar-refractivity contribution in [3.8, 4) is 0 Å². The summed E-state index contributed by atoms with van der Waals surface area (Å²) in [6, 6.07) is 2.96. The maximum atomic E-state index is 12.1. The minimum Gasteiger partial charge on any atom is -0.384 e. The van der Waals surface area contributed by atoms with Crippen LogP contribution < -0.4 is 11.1 Å². The Kier molecular flexibility index (Phi) is 4.07. The summed E-state index contributed by atoms with van der Waals surface area (Å²) in [6.07, 6.45) is 4.26. The van der Waals surface area contributed by atoms with Crippen molar-refractivity contribution in [2.75, 3.05) is 5.73 Å². The Balaban J connectivity index is 2.19. The predicted molar refractivity (Wildman–Crippen MR) is 75.4 cm³/mol. The van der Waals surface area contributed by atoms with E-state index < -0.39 is 10.8 Å². The molecular formula is C13H13N5O3. The summed E-state index contributed by atoms with van der Waals surface area (Å²) in [6.45, 7) is 2.11. The van der Waals surface area contributed by atoms with E-state index in [4.69, 9.17) is 5.73 Å². The van der Waals surface area contributed by atoms with E-state index in [1.165, 1.54) is 6.07 Å². The zero-order chi connectivity index (χ0) is 15.4. The lowest BCUT2D eigenvalue weighted by Gasteiger charge is -2.08. The number of nitrogen functional groups attached to an aromatic ring is 1. The van der Waals surface area contributed by atoms with E-state index in [1.807, 2.05) is 6.92 Å². The van der Waals surface area contributed by atoms with E-state index in [0.29, 0.717) is 0 Å². The molecule has 2 aromatic rings. The molecule has 0 aliphatic heterocycles. The highest BCUT2D eigenvalue weighted by molar-refractivity contribution is 5.98. The normalized spacial score (nSPS) is 10.1. The Morgan fingerprint density at radius 1 is 1.48 bits per heavy atom. The summed E-state index contributed by atoms with van der Waals surface area (Å²) in [4.78, 5) is 29.9. The van der Waals surface area contributed by atoms with E-state index in [1.54, 1.807) is 18.5 Å². The van der Waals surface area contributed by atoms with E-state index in [2.05, 4.69) is 15.3 Å². The van der Waals surface area contributed by atoms with Crippen LogP contribution in [-0.2, 0) is 6.54 Å². The summed E-state index contributed by atoms with van der Waals surface area (Å²) >= 11 is 0. The fourth-order valence-electron chi connectivity index (χ4n) is 1.76. The molecule has 3 N–H and O–H groups in total. The van der Waals surface area contributed by atoms with Crippen LogP contribution in [-0.4, -0.2) is 20.8 Å². The molecular weight excluding hydrogens is 274 g/mol. The molecule has 0 unspecified atom stereocenters. The Morgan fingerprint density at radius 3 is 2.90 bits per heavy atom. The van der Waals surface area contributed by atoms with Crippen LogP contribution in [0.1, 0.15) is 21.5 Å². The van der Waals surface area contributed by atoms with Gasteiger partial charge in [0.05, 0.1) is 4.92 Å². The first kappa shape index (κ1) is 14.4. The first-order chi connectivity index (χ1) is 9.99. The number of hydrogen-bond acceptors (Lipinski definition) is 6. The molecule has 21 heavy (non-hydrogen) atoms. The molecule has 2 heterocycles. The van der Waals surface area contributed by atoms with Gasteiger partial charge in [0.15, 0.2) is 0 Å². The SMILES string of the molecule is Cc1cnccc1CNC(=O)c1cc(N)ncc1[N+](=O)[O-]. The van der Waals surface area contributed by atoms with Gasteiger partial charge in [-0.15, -0.1) is 0 Å². The first-order valence-electron chi connectivity index (χ1n) is 6.06. The van der Waals surface area contributed by atoms with Gasteiger partial charge in [-0.1, -0.05) is 0 Å². The maximum absolute atomic E-state index is 12.1. The molecule has 0 bridgehead atoms. The van der Waals surface area contributed by atoms with Crippen LogP contribution in [0.15, 0.2) is 30.7 Å². The van der Waals surface area contributed by atoms with Crippen molar-refractivity contribution in [1.29, 1.82) is 0 Å². The fraction of sp³-hybridized carbons (Fsp3) is 0.154. The van der Waals surface area contributed by atoms with Gasteiger partial charge in [-0.25, -0.2) is 4.98 Å². The van der Waals surface area contributed by atoms with Gasteiger partial charge in [-0.2, -0.15) is 0 Å². The zero-order valence-corrected chi connectivity index (χ0v) is 11.2. The number of nitro groups is 1. The number of carbonyl (C=O) groups excluding carboxylic acids is 1. The van der Waals surface area contributed by atoms with Gasteiger partial charge < -0.3 is 11.1 Å². The Morgan fingerprint density at radius 2 is 2.24 bits per heavy atom. The summed E-state index contributed by atoms with van der Waals surface area (Å²) in [5, 5.41) is 13.5. The molecule has 0 aliphatic rings. The largest absolute Gasteiger partial charge is 0.384 e. The molecule has 0 spiro atoms. The van der Waals surface area contributed by atoms with Gasteiger partial charge in [0, 0.05) is 18.9 Å². The summed E-state index contributed by atoms with van der Waals surface area (Å²) < 4.78 is 0. The molecule has 0 atom stereocenters. The Labute approximate surface area is 120 Å². The topological polar surface area (TPSA) is 124 Å². The number of aryl methyl sites for hydroxylation is 1. The monoisotopic (exact) mass is 287 g/mol. The second-order valence-corrected chi connectivity index (χ2v) is 4.37. The van der Waals surface area contributed by atoms with Gasteiger partial charge in [0.25, 0.3) is 11.6 Å². The molecule has 0 saturated carbocycles. The van der Waals surface area contributed by atoms with Gasteiger partial charge in [-0.3, -0.25) is 19.9 Å². The van der Waals surface area contributed by atoms with Crippen LogP contribution in [0.25, 0.3) is 0 Å². The van der Waals surface area contributed by atoms with Gasteiger partial charge >= 0.3 is 0 Å². The van der Waals surface area contributed by atoms with Crippen molar-refractivity contribution >= 4 is 17.4 Å². The second kappa shape index (κ2) is 5.95. The van der Waals surface area contributed by atoms with E-state index >= 15 is 0 Å². The highest BCUT2D eigenvalue weighted by Crippen LogP contribution is 2.19. The number of nitrogens with zero attached hydrogens (tertiary/aromatic N) is 3. The Bertz CT molecular complexity index is 702. The van der Waals surface area contributed by atoms with Crippen molar-refractivity contribution in [2.24, 2.45) is 0 Å². The van der Waals surface area contributed by atoms with Crippen LogP contribution in [0.5, 0.6) is 0 Å². The fourth-order valence-corrected chi connectivity index (χ4v) is 1.76. The maximum Gasteiger partial charge on any atom is 0.300 e. The summed E-state index contributed by atoms with van der Waals surface area (Å²) in [5.74, 6) is -0.530. The second-order valence-electron chi connectivity index (χ2n) is 4.37. The quantitative estimate of drug-likeness (QED) is 0.643. The van der Waals surface area contributed by atoms with Crippen molar-refractivity contribution in [3.63, 3.8) is 0 Å². The number of anilines is 1. The van der Waals surface area contributed by atoms with Gasteiger partial charge in [-0.05, 0) is 30.2 Å². The van der Waals surface area contributed by atoms with Crippen LogP contribution in [0.3, 0.4) is 0 Å². The molecule has 8 nitrogen and oxygen atoms in total. The third-order valence-electron chi connectivity index (χ3n) is 2.92. The average Bonchev–Trinajstić information content (AvgIpc) is 2.45.